The van der Waals surface area contributed by atoms with E-state index in [0.29, 0.717) is 24.6 Å². The first-order valence-corrected chi connectivity index (χ1v) is 7.18. The third-order valence-electron chi connectivity index (χ3n) is 4.73. The number of aliphatic hydroxyl groups excluding tert-OH is 1. The van der Waals surface area contributed by atoms with Gasteiger partial charge in [0.05, 0.1) is 0 Å². The summed E-state index contributed by atoms with van der Waals surface area (Å²) in [4.78, 5) is 0. The molecule has 0 aromatic rings. The molecule has 0 aromatic heterocycles. The minimum atomic E-state index is 0.370. The fourth-order valence-electron chi connectivity index (χ4n) is 3.58. The maximum absolute atomic E-state index is 9.32. The SMILES string of the molecule is CC(NC1CCCC1CO)C1CCCCC1. The van der Waals surface area contributed by atoms with E-state index in [4.69, 9.17) is 0 Å². The van der Waals surface area contributed by atoms with Crippen LogP contribution >= 0.6 is 0 Å². The third-order valence-corrected chi connectivity index (χ3v) is 4.73. The summed E-state index contributed by atoms with van der Waals surface area (Å²) >= 11 is 0. The van der Waals surface area contributed by atoms with Crippen LogP contribution in [0.3, 0.4) is 0 Å². The second-order valence-electron chi connectivity index (χ2n) is 5.83. The van der Waals surface area contributed by atoms with Gasteiger partial charge in [0.15, 0.2) is 0 Å². The van der Waals surface area contributed by atoms with Crippen LogP contribution in [-0.4, -0.2) is 23.8 Å². The number of rotatable bonds is 4. The van der Waals surface area contributed by atoms with Crippen LogP contribution < -0.4 is 5.32 Å². The van der Waals surface area contributed by atoms with Crippen LogP contribution in [0.4, 0.5) is 0 Å². The van der Waals surface area contributed by atoms with Crippen molar-refractivity contribution in [3.8, 4) is 0 Å². The minimum absolute atomic E-state index is 0.370. The summed E-state index contributed by atoms with van der Waals surface area (Å²) in [6.07, 6.45) is 10.9. The first kappa shape index (κ1) is 12.4. The summed E-state index contributed by atoms with van der Waals surface area (Å²) in [5.74, 6) is 1.40. The Labute approximate surface area is 99.8 Å². The van der Waals surface area contributed by atoms with Crippen LogP contribution in [0, 0.1) is 11.8 Å². The molecule has 94 valence electrons. The Kier molecular flexibility index (Phi) is 4.66. The van der Waals surface area contributed by atoms with Gasteiger partial charge in [-0.25, -0.2) is 0 Å². The van der Waals surface area contributed by atoms with Gasteiger partial charge in [0, 0.05) is 18.7 Å². The lowest BCUT2D eigenvalue weighted by atomic mass is 9.84. The normalized spacial score (nSPS) is 34.1. The molecule has 0 radical (unpaired) electrons. The van der Waals surface area contributed by atoms with Crippen molar-refractivity contribution >= 4 is 0 Å². The third kappa shape index (κ3) is 2.98. The van der Waals surface area contributed by atoms with Crippen LogP contribution in [-0.2, 0) is 0 Å². The summed E-state index contributed by atoms with van der Waals surface area (Å²) in [5.41, 5.74) is 0. The van der Waals surface area contributed by atoms with Crippen molar-refractivity contribution in [3.05, 3.63) is 0 Å². The molecule has 0 heterocycles. The molecule has 2 aliphatic rings. The van der Waals surface area contributed by atoms with Gasteiger partial charge in [0.1, 0.15) is 0 Å². The van der Waals surface area contributed by atoms with Gasteiger partial charge < -0.3 is 10.4 Å². The van der Waals surface area contributed by atoms with Gasteiger partial charge in [-0.2, -0.15) is 0 Å². The molecule has 0 aliphatic heterocycles. The van der Waals surface area contributed by atoms with Crippen LogP contribution in [0.5, 0.6) is 0 Å². The van der Waals surface area contributed by atoms with Crippen molar-refractivity contribution in [2.75, 3.05) is 6.61 Å². The smallest absolute Gasteiger partial charge is 0.0474 e. The molecule has 0 amide bonds. The summed E-state index contributed by atoms with van der Waals surface area (Å²) in [5, 5.41) is 13.1. The zero-order valence-corrected chi connectivity index (χ0v) is 10.6. The molecule has 2 saturated carbocycles. The van der Waals surface area contributed by atoms with Gasteiger partial charge in [-0.15, -0.1) is 0 Å². The standard InChI is InChI=1S/C14H27NO/c1-11(12-6-3-2-4-7-12)15-14-9-5-8-13(14)10-16/h11-16H,2-10H2,1H3. The van der Waals surface area contributed by atoms with Crippen molar-refractivity contribution < 1.29 is 5.11 Å². The van der Waals surface area contributed by atoms with E-state index in [2.05, 4.69) is 12.2 Å². The lowest BCUT2D eigenvalue weighted by Gasteiger charge is -2.32. The van der Waals surface area contributed by atoms with Crippen LogP contribution in [0.2, 0.25) is 0 Å². The molecule has 0 bridgehead atoms. The van der Waals surface area contributed by atoms with Gasteiger partial charge in [0.2, 0.25) is 0 Å². The highest BCUT2D eigenvalue weighted by molar-refractivity contribution is 4.87. The Balaban J connectivity index is 1.78. The van der Waals surface area contributed by atoms with Crippen LogP contribution in [0.15, 0.2) is 0 Å². The van der Waals surface area contributed by atoms with Gasteiger partial charge >= 0.3 is 0 Å². The Morgan fingerprint density at radius 3 is 2.50 bits per heavy atom. The zero-order valence-electron chi connectivity index (χ0n) is 10.6. The molecule has 16 heavy (non-hydrogen) atoms. The van der Waals surface area contributed by atoms with E-state index in [-0.39, 0.29) is 0 Å². The molecule has 2 aliphatic carbocycles. The van der Waals surface area contributed by atoms with E-state index in [1.807, 2.05) is 0 Å². The van der Waals surface area contributed by atoms with E-state index in [1.54, 1.807) is 0 Å². The lowest BCUT2D eigenvalue weighted by Crippen LogP contribution is -2.44. The van der Waals surface area contributed by atoms with E-state index in [1.165, 1.54) is 51.4 Å². The molecule has 2 heteroatoms. The average molecular weight is 225 g/mol. The Morgan fingerprint density at radius 1 is 1.06 bits per heavy atom. The first-order chi connectivity index (χ1) is 7.81. The van der Waals surface area contributed by atoms with Crippen molar-refractivity contribution in [1.29, 1.82) is 0 Å². The zero-order chi connectivity index (χ0) is 11.4. The van der Waals surface area contributed by atoms with Crippen molar-refractivity contribution in [1.82, 2.24) is 5.32 Å². The molecule has 3 atom stereocenters. The van der Waals surface area contributed by atoms with Crippen LogP contribution in [0.25, 0.3) is 0 Å². The summed E-state index contributed by atoms with van der Waals surface area (Å²) in [6, 6.07) is 1.24. The highest BCUT2D eigenvalue weighted by Gasteiger charge is 2.29. The number of nitrogens with one attached hydrogen (secondary N) is 1. The Morgan fingerprint density at radius 2 is 1.81 bits per heavy atom. The van der Waals surface area contributed by atoms with Gasteiger partial charge in [-0.3, -0.25) is 0 Å². The van der Waals surface area contributed by atoms with Crippen molar-refractivity contribution in [2.24, 2.45) is 11.8 Å². The molecular formula is C14H27NO. The second-order valence-corrected chi connectivity index (χ2v) is 5.83. The van der Waals surface area contributed by atoms with Crippen LogP contribution in [0.1, 0.15) is 58.3 Å². The molecule has 2 fully saturated rings. The van der Waals surface area contributed by atoms with Crippen molar-refractivity contribution in [2.45, 2.75) is 70.4 Å². The largest absolute Gasteiger partial charge is 0.396 e. The molecule has 2 rings (SSSR count). The first-order valence-electron chi connectivity index (χ1n) is 7.18. The highest BCUT2D eigenvalue weighted by atomic mass is 16.3. The molecule has 0 spiro atoms. The summed E-state index contributed by atoms with van der Waals surface area (Å²) in [7, 11) is 0. The second kappa shape index (κ2) is 6.02. The van der Waals surface area contributed by atoms with Gasteiger partial charge in [0.25, 0.3) is 0 Å². The maximum Gasteiger partial charge on any atom is 0.0474 e. The molecular weight excluding hydrogens is 198 g/mol. The quantitative estimate of drug-likeness (QED) is 0.771. The number of hydrogen-bond acceptors (Lipinski definition) is 2. The monoisotopic (exact) mass is 225 g/mol. The Hall–Kier alpha value is -0.0800. The minimum Gasteiger partial charge on any atom is -0.396 e. The number of aliphatic hydroxyl groups is 1. The summed E-state index contributed by atoms with van der Waals surface area (Å²) in [6.45, 7) is 2.72. The average Bonchev–Trinajstić information content (AvgIpc) is 2.77. The highest BCUT2D eigenvalue weighted by Crippen LogP contribution is 2.30. The Bertz CT molecular complexity index is 201. The molecule has 0 aromatic carbocycles. The fraction of sp³-hybridized carbons (Fsp3) is 1.00. The van der Waals surface area contributed by atoms with E-state index in [9.17, 15) is 5.11 Å². The van der Waals surface area contributed by atoms with E-state index < -0.39 is 0 Å². The van der Waals surface area contributed by atoms with Gasteiger partial charge in [-0.1, -0.05) is 25.7 Å². The predicted molar refractivity (Wildman–Crippen MR) is 67.4 cm³/mol. The topological polar surface area (TPSA) is 32.3 Å². The molecule has 2 nitrogen and oxygen atoms in total. The van der Waals surface area contributed by atoms with Gasteiger partial charge in [-0.05, 0) is 44.4 Å². The maximum atomic E-state index is 9.32. The predicted octanol–water partition coefficient (Wildman–Crippen LogP) is 2.71. The van der Waals surface area contributed by atoms with E-state index in [0.717, 1.165) is 5.92 Å². The molecule has 0 saturated heterocycles. The fourth-order valence-corrected chi connectivity index (χ4v) is 3.58. The number of hydrogen-bond donors (Lipinski definition) is 2. The van der Waals surface area contributed by atoms with E-state index >= 15 is 0 Å². The molecule has 3 unspecified atom stereocenters. The molecule has 2 N–H and O–H groups in total. The van der Waals surface area contributed by atoms with Crippen molar-refractivity contribution in [3.63, 3.8) is 0 Å². The summed E-state index contributed by atoms with van der Waals surface area (Å²) < 4.78 is 0. The lowest BCUT2D eigenvalue weighted by molar-refractivity contribution is 0.185.